The Kier molecular flexibility index (Phi) is 6.12. The molecule has 0 bridgehead atoms. The van der Waals surface area contributed by atoms with Gasteiger partial charge in [0.05, 0.1) is 30.0 Å². The molecular weight excluding hydrogens is 401 g/mol. The van der Waals surface area contributed by atoms with Crippen molar-refractivity contribution in [1.29, 1.82) is 0 Å². The van der Waals surface area contributed by atoms with Crippen molar-refractivity contribution in [2.24, 2.45) is 0 Å². The van der Waals surface area contributed by atoms with E-state index in [0.29, 0.717) is 28.1 Å². The van der Waals surface area contributed by atoms with Gasteiger partial charge < -0.3 is 19.9 Å². The third-order valence-electron chi connectivity index (χ3n) is 4.41. The Labute approximate surface area is 170 Å². The van der Waals surface area contributed by atoms with Gasteiger partial charge in [-0.1, -0.05) is 12.1 Å². The predicted octanol–water partition coefficient (Wildman–Crippen LogP) is 3.91. The van der Waals surface area contributed by atoms with Crippen molar-refractivity contribution in [3.8, 4) is 11.5 Å². The largest absolute Gasteiger partial charge is 0.573 e. The van der Waals surface area contributed by atoms with Gasteiger partial charge in [-0.25, -0.2) is 0 Å². The third-order valence-corrected chi connectivity index (χ3v) is 4.41. The Balaban J connectivity index is 1.67. The lowest BCUT2D eigenvalue weighted by Gasteiger charge is -2.14. The van der Waals surface area contributed by atoms with Crippen LogP contribution in [0, 0.1) is 6.92 Å². The van der Waals surface area contributed by atoms with Gasteiger partial charge >= 0.3 is 6.36 Å². The first-order valence-corrected chi connectivity index (χ1v) is 8.93. The van der Waals surface area contributed by atoms with Crippen molar-refractivity contribution >= 4 is 16.8 Å². The maximum absolute atomic E-state index is 12.5. The summed E-state index contributed by atoms with van der Waals surface area (Å²) in [5.41, 5.74) is 1.89. The summed E-state index contributed by atoms with van der Waals surface area (Å²) < 4.78 is 45.6. The number of aryl methyl sites for hydroxylation is 1. The highest BCUT2D eigenvalue weighted by Crippen LogP contribution is 2.25. The maximum atomic E-state index is 12.5. The van der Waals surface area contributed by atoms with Gasteiger partial charge in [0, 0.05) is 18.0 Å². The lowest BCUT2D eigenvalue weighted by molar-refractivity contribution is -0.274. The number of aromatic nitrogens is 1. The molecule has 3 aromatic rings. The average Bonchev–Trinajstić information content (AvgIpc) is 2.70. The number of carbonyl (C=O) groups is 1. The normalized spacial score (nSPS) is 12.5. The number of benzene rings is 2. The zero-order valence-corrected chi connectivity index (χ0v) is 16.2. The third kappa shape index (κ3) is 5.18. The Bertz CT molecular complexity index is 1050. The fourth-order valence-corrected chi connectivity index (χ4v) is 2.89. The molecule has 2 aromatic carbocycles. The monoisotopic (exact) mass is 420 g/mol. The molecule has 2 N–H and O–H groups in total. The van der Waals surface area contributed by atoms with E-state index in [1.807, 2.05) is 0 Å². The van der Waals surface area contributed by atoms with Gasteiger partial charge in [-0.05, 0) is 42.8 Å². The van der Waals surface area contributed by atoms with Crippen LogP contribution in [0.4, 0.5) is 13.2 Å². The zero-order chi connectivity index (χ0) is 21.9. The molecule has 0 saturated heterocycles. The standard InChI is InChI=1S/C21H19F3N2O4/c1-12-17(9-14-5-8-16(29-2)10-18(14)26-12)20(28)25-11-19(27)13-3-6-15(7-4-13)30-21(22,23)24/h3-10,19,27H,11H2,1-2H3,(H,25,28). The van der Waals surface area contributed by atoms with E-state index in [-0.39, 0.29) is 6.54 Å². The Hall–Kier alpha value is -3.33. The van der Waals surface area contributed by atoms with E-state index < -0.39 is 24.1 Å². The topological polar surface area (TPSA) is 80.7 Å². The number of aliphatic hydroxyl groups is 1. The summed E-state index contributed by atoms with van der Waals surface area (Å²) in [6.45, 7) is 1.57. The highest BCUT2D eigenvalue weighted by molar-refractivity contribution is 5.98. The van der Waals surface area contributed by atoms with Crippen molar-refractivity contribution in [1.82, 2.24) is 10.3 Å². The molecule has 1 unspecified atom stereocenters. The van der Waals surface area contributed by atoms with Crippen LogP contribution in [-0.4, -0.2) is 36.0 Å². The van der Waals surface area contributed by atoms with Gasteiger partial charge in [0.2, 0.25) is 0 Å². The van der Waals surface area contributed by atoms with Crippen LogP contribution in [0.2, 0.25) is 0 Å². The molecule has 30 heavy (non-hydrogen) atoms. The van der Waals surface area contributed by atoms with Gasteiger partial charge in [0.1, 0.15) is 11.5 Å². The van der Waals surface area contributed by atoms with Crippen molar-refractivity contribution in [2.75, 3.05) is 13.7 Å². The van der Waals surface area contributed by atoms with E-state index in [4.69, 9.17) is 4.74 Å². The molecule has 0 radical (unpaired) electrons. The molecule has 0 aliphatic rings. The summed E-state index contributed by atoms with van der Waals surface area (Å²) >= 11 is 0. The van der Waals surface area contributed by atoms with Crippen molar-refractivity contribution in [3.05, 3.63) is 65.4 Å². The van der Waals surface area contributed by atoms with Crippen molar-refractivity contribution in [3.63, 3.8) is 0 Å². The molecule has 1 amide bonds. The summed E-state index contributed by atoms with van der Waals surface area (Å²) in [6, 6.07) is 11.8. The molecule has 0 aliphatic carbocycles. The molecule has 3 rings (SSSR count). The Morgan fingerprint density at radius 2 is 1.80 bits per heavy atom. The van der Waals surface area contributed by atoms with E-state index in [1.165, 1.54) is 12.1 Å². The number of fused-ring (bicyclic) bond motifs is 1. The molecule has 0 saturated carbocycles. The minimum absolute atomic E-state index is 0.127. The van der Waals surface area contributed by atoms with Crippen LogP contribution in [0.1, 0.15) is 27.7 Å². The van der Waals surface area contributed by atoms with Crippen LogP contribution in [0.15, 0.2) is 48.5 Å². The first-order valence-electron chi connectivity index (χ1n) is 8.93. The Morgan fingerprint density at radius 3 is 2.43 bits per heavy atom. The van der Waals surface area contributed by atoms with E-state index in [2.05, 4.69) is 15.0 Å². The number of alkyl halides is 3. The minimum atomic E-state index is -4.79. The first kappa shape index (κ1) is 21.4. The number of hydrogen-bond acceptors (Lipinski definition) is 5. The fraction of sp³-hybridized carbons (Fsp3) is 0.238. The quantitative estimate of drug-likeness (QED) is 0.632. The Morgan fingerprint density at radius 1 is 1.13 bits per heavy atom. The predicted molar refractivity (Wildman–Crippen MR) is 103 cm³/mol. The SMILES string of the molecule is COc1ccc2cc(C(=O)NCC(O)c3ccc(OC(F)(F)F)cc3)c(C)nc2c1. The molecule has 9 heteroatoms. The molecule has 158 valence electrons. The van der Waals surface area contributed by atoms with Crippen LogP contribution in [0.25, 0.3) is 10.9 Å². The highest BCUT2D eigenvalue weighted by atomic mass is 19.4. The molecule has 1 aromatic heterocycles. The number of aliphatic hydroxyl groups excluding tert-OH is 1. The second kappa shape index (κ2) is 8.58. The van der Waals surface area contributed by atoms with Crippen LogP contribution in [0.3, 0.4) is 0 Å². The van der Waals surface area contributed by atoms with E-state index >= 15 is 0 Å². The van der Waals surface area contributed by atoms with Crippen LogP contribution >= 0.6 is 0 Å². The number of hydrogen-bond donors (Lipinski definition) is 2. The van der Waals surface area contributed by atoms with Crippen LogP contribution in [0.5, 0.6) is 11.5 Å². The number of methoxy groups -OCH3 is 1. The minimum Gasteiger partial charge on any atom is -0.497 e. The summed E-state index contributed by atoms with van der Waals surface area (Å²) in [5, 5.41) is 13.6. The first-order chi connectivity index (χ1) is 14.2. The summed E-state index contributed by atoms with van der Waals surface area (Å²) in [4.78, 5) is 17.0. The second-order valence-electron chi connectivity index (χ2n) is 6.52. The molecule has 0 aliphatic heterocycles. The number of rotatable bonds is 6. The van der Waals surface area contributed by atoms with E-state index in [1.54, 1.807) is 38.3 Å². The van der Waals surface area contributed by atoms with E-state index in [9.17, 15) is 23.1 Å². The number of nitrogens with one attached hydrogen (secondary N) is 1. The van der Waals surface area contributed by atoms with E-state index in [0.717, 1.165) is 17.5 Å². The summed E-state index contributed by atoms with van der Waals surface area (Å²) in [6.07, 6.45) is -5.89. The van der Waals surface area contributed by atoms with Crippen molar-refractivity contribution in [2.45, 2.75) is 19.4 Å². The number of carbonyl (C=O) groups excluding carboxylic acids is 1. The second-order valence-corrected chi connectivity index (χ2v) is 6.52. The smallest absolute Gasteiger partial charge is 0.497 e. The molecule has 1 heterocycles. The highest BCUT2D eigenvalue weighted by Gasteiger charge is 2.31. The lowest BCUT2D eigenvalue weighted by Crippen LogP contribution is -2.29. The number of pyridine rings is 1. The van der Waals surface area contributed by atoms with Crippen LogP contribution in [-0.2, 0) is 0 Å². The average molecular weight is 420 g/mol. The number of ether oxygens (including phenoxy) is 2. The molecule has 1 atom stereocenters. The fourth-order valence-electron chi connectivity index (χ4n) is 2.89. The van der Waals surface area contributed by atoms with Crippen LogP contribution < -0.4 is 14.8 Å². The molecule has 0 spiro atoms. The van der Waals surface area contributed by atoms with Gasteiger partial charge in [-0.3, -0.25) is 9.78 Å². The van der Waals surface area contributed by atoms with Gasteiger partial charge in [-0.2, -0.15) is 0 Å². The van der Waals surface area contributed by atoms with Gasteiger partial charge in [0.25, 0.3) is 5.91 Å². The number of halogens is 3. The van der Waals surface area contributed by atoms with Crippen molar-refractivity contribution < 1.29 is 32.5 Å². The molecule has 6 nitrogen and oxygen atoms in total. The lowest BCUT2D eigenvalue weighted by atomic mass is 10.1. The number of amides is 1. The molecule has 0 fully saturated rings. The number of nitrogens with zero attached hydrogens (tertiary/aromatic N) is 1. The molecular formula is C21H19F3N2O4. The van der Waals surface area contributed by atoms with Gasteiger partial charge in [0.15, 0.2) is 0 Å². The zero-order valence-electron chi connectivity index (χ0n) is 16.2. The summed E-state index contributed by atoms with van der Waals surface area (Å²) in [7, 11) is 1.55. The maximum Gasteiger partial charge on any atom is 0.573 e. The van der Waals surface area contributed by atoms with Gasteiger partial charge in [-0.15, -0.1) is 13.2 Å². The summed E-state index contributed by atoms with van der Waals surface area (Å²) in [5.74, 6) is -0.160.